The first-order valence-corrected chi connectivity index (χ1v) is 9.90. The molecule has 5 aromatic rings. The van der Waals surface area contributed by atoms with E-state index in [1.54, 1.807) is 55.2 Å². The second-order valence-corrected chi connectivity index (χ2v) is 7.57. The number of hydrogen-bond acceptors (Lipinski definition) is 10. The molecule has 0 aromatic carbocycles. The van der Waals surface area contributed by atoms with Crippen LogP contribution in [0.1, 0.15) is 10.8 Å². The zero-order valence-electron chi connectivity index (χ0n) is 15.9. The third kappa shape index (κ3) is 3.97. The summed E-state index contributed by atoms with van der Waals surface area (Å²) in [4.78, 5) is 28.0. The Labute approximate surface area is 181 Å². The van der Waals surface area contributed by atoms with Crippen LogP contribution in [-0.2, 0) is 12.7 Å². The largest absolute Gasteiger partial charge is 0.471 e. The van der Waals surface area contributed by atoms with Crippen molar-refractivity contribution < 1.29 is 17.7 Å². The Morgan fingerprint density at radius 1 is 0.906 bits per heavy atom. The summed E-state index contributed by atoms with van der Waals surface area (Å²) in [6, 6.07) is 6.99. The van der Waals surface area contributed by atoms with Gasteiger partial charge in [0, 0.05) is 29.7 Å². The number of rotatable bonds is 5. The van der Waals surface area contributed by atoms with Crippen LogP contribution in [0.3, 0.4) is 0 Å². The highest BCUT2D eigenvalue weighted by Gasteiger charge is 2.38. The predicted octanol–water partition coefficient (Wildman–Crippen LogP) is 4.28. The van der Waals surface area contributed by atoms with E-state index in [4.69, 9.17) is 0 Å². The molecule has 5 aromatic heterocycles. The Bertz CT molecular complexity index is 1370. The van der Waals surface area contributed by atoms with Crippen LogP contribution in [0.5, 0.6) is 0 Å². The third-order valence-electron chi connectivity index (χ3n) is 4.28. The van der Waals surface area contributed by atoms with Crippen LogP contribution in [0.4, 0.5) is 24.8 Å². The molecule has 0 spiro atoms. The highest BCUT2D eigenvalue weighted by molar-refractivity contribution is 7.15. The van der Waals surface area contributed by atoms with Crippen LogP contribution in [0.25, 0.3) is 21.9 Å². The average molecular weight is 456 g/mol. The van der Waals surface area contributed by atoms with Gasteiger partial charge in [-0.3, -0.25) is 9.97 Å². The minimum absolute atomic E-state index is 0.126. The molecule has 0 amide bonds. The van der Waals surface area contributed by atoms with Gasteiger partial charge in [0.05, 0.1) is 17.6 Å². The molecule has 0 bridgehead atoms. The van der Waals surface area contributed by atoms with Crippen molar-refractivity contribution in [3.8, 4) is 10.7 Å². The fourth-order valence-corrected chi connectivity index (χ4v) is 3.80. The predicted molar refractivity (Wildman–Crippen MR) is 108 cm³/mol. The molecular weight excluding hydrogens is 445 g/mol. The van der Waals surface area contributed by atoms with Crippen molar-refractivity contribution in [2.24, 2.45) is 0 Å². The quantitative estimate of drug-likeness (QED) is 0.383. The van der Waals surface area contributed by atoms with Crippen molar-refractivity contribution in [1.82, 2.24) is 35.1 Å². The van der Waals surface area contributed by atoms with Crippen LogP contribution in [-0.4, -0.2) is 35.1 Å². The lowest BCUT2D eigenvalue weighted by Gasteiger charge is -2.21. The van der Waals surface area contributed by atoms with Crippen molar-refractivity contribution >= 4 is 34.1 Å². The first-order valence-electron chi connectivity index (χ1n) is 9.09. The third-order valence-corrected chi connectivity index (χ3v) is 5.35. The van der Waals surface area contributed by atoms with Gasteiger partial charge in [0.25, 0.3) is 0 Å². The normalized spacial score (nSPS) is 11.7. The van der Waals surface area contributed by atoms with Gasteiger partial charge in [0.2, 0.25) is 5.82 Å². The first-order chi connectivity index (χ1) is 15.5. The number of halogens is 3. The Kier molecular flexibility index (Phi) is 4.93. The molecule has 0 aliphatic carbocycles. The lowest BCUT2D eigenvalue weighted by molar-refractivity contribution is -0.159. The van der Waals surface area contributed by atoms with Crippen LogP contribution in [0, 0.1) is 0 Å². The molecule has 5 rings (SSSR count). The fraction of sp³-hybridized carbons (Fsp3) is 0.105. The molecule has 0 radical (unpaired) electrons. The number of anilines is 2. The van der Waals surface area contributed by atoms with E-state index in [9.17, 15) is 13.2 Å². The number of nitrogens with zero attached hydrogens (tertiary/aromatic N) is 8. The highest BCUT2D eigenvalue weighted by atomic mass is 32.1. The maximum Gasteiger partial charge on any atom is 0.471 e. The maximum atomic E-state index is 12.8. The Morgan fingerprint density at radius 2 is 1.75 bits per heavy atom. The van der Waals surface area contributed by atoms with Gasteiger partial charge in [0.15, 0.2) is 11.5 Å². The Morgan fingerprint density at radius 3 is 2.53 bits per heavy atom. The van der Waals surface area contributed by atoms with Crippen LogP contribution in [0.15, 0.2) is 59.8 Å². The van der Waals surface area contributed by atoms with E-state index < -0.39 is 12.1 Å². The van der Waals surface area contributed by atoms with Gasteiger partial charge in [-0.1, -0.05) is 5.16 Å². The SMILES string of the molecule is FC(F)(F)c1nc(-c2ccc(CN(c3cnccn3)c3ccc4nccnc4n3)s2)no1. The van der Waals surface area contributed by atoms with Crippen LogP contribution in [0.2, 0.25) is 0 Å². The number of aromatic nitrogens is 7. The zero-order chi connectivity index (χ0) is 22.1. The standard InChI is InChI=1S/C19H11F3N8OS/c20-19(21,22)18-28-17(29-31-18)13-3-1-11(32-13)10-30(15-9-23-5-6-25-15)14-4-2-12-16(27-14)26-8-7-24-12/h1-9H,10H2. The van der Waals surface area contributed by atoms with Crippen molar-refractivity contribution in [3.05, 3.63) is 66.0 Å². The van der Waals surface area contributed by atoms with E-state index >= 15 is 0 Å². The van der Waals surface area contributed by atoms with Gasteiger partial charge in [-0.25, -0.2) is 15.0 Å². The average Bonchev–Trinajstić information content (AvgIpc) is 3.47. The molecular formula is C19H11F3N8OS. The molecule has 0 aliphatic heterocycles. The number of fused-ring (bicyclic) bond motifs is 1. The van der Waals surface area contributed by atoms with E-state index in [1.165, 1.54) is 11.3 Å². The topological polar surface area (TPSA) is 107 Å². The summed E-state index contributed by atoms with van der Waals surface area (Å²) < 4.78 is 42.6. The number of pyridine rings is 1. The zero-order valence-corrected chi connectivity index (χ0v) is 16.7. The lowest BCUT2D eigenvalue weighted by Crippen LogP contribution is -2.18. The fourth-order valence-electron chi connectivity index (χ4n) is 2.88. The second-order valence-electron chi connectivity index (χ2n) is 6.41. The van der Waals surface area contributed by atoms with Gasteiger partial charge in [0.1, 0.15) is 11.3 Å². The van der Waals surface area contributed by atoms with E-state index in [2.05, 4.69) is 39.6 Å². The Balaban J connectivity index is 1.48. The molecule has 0 fully saturated rings. The van der Waals surface area contributed by atoms with E-state index in [1.807, 2.05) is 4.90 Å². The Hall–Kier alpha value is -4.00. The first kappa shape index (κ1) is 19.9. The molecule has 0 atom stereocenters. The van der Waals surface area contributed by atoms with E-state index in [0.29, 0.717) is 34.2 Å². The molecule has 5 heterocycles. The molecule has 0 saturated carbocycles. The summed E-state index contributed by atoms with van der Waals surface area (Å²) in [7, 11) is 0. The monoisotopic (exact) mass is 456 g/mol. The van der Waals surface area contributed by atoms with Gasteiger partial charge in [-0.05, 0) is 24.3 Å². The van der Waals surface area contributed by atoms with Crippen molar-refractivity contribution in [2.45, 2.75) is 12.7 Å². The molecule has 0 aliphatic rings. The van der Waals surface area contributed by atoms with Gasteiger partial charge >= 0.3 is 12.1 Å². The minimum Gasteiger partial charge on any atom is -0.329 e. The van der Waals surface area contributed by atoms with Crippen LogP contribution >= 0.6 is 11.3 Å². The summed E-state index contributed by atoms with van der Waals surface area (Å²) in [5, 5.41) is 3.44. The molecule has 160 valence electrons. The number of hydrogen-bond donors (Lipinski definition) is 0. The lowest BCUT2D eigenvalue weighted by atomic mass is 10.3. The second kappa shape index (κ2) is 7.92. The molecule has 0 N–H and O–H groups in total. The number of thiophene rings is 1. The summed E-state index contributed by atoms with van der Waals surface area (Å²) in [5.41, 5.74) is 1.11. The molecule has 0 saturated heterocycles. The smallest absolute Gasteiger partial charge is 0.329 e. The molecule has 32 heavy (non-hydrogen) atoms. The van der Waals surface area contributed by atoms with Gasteiger partial charge < -0.3 is 9.42 Å². The minimum atomic E-state index is -4.70. The summed E-state index contributed by atoms with van der Waals surface area (Å²) in [6.07, 6.45) is 3.14. The number of alkyl halides is 3. The van der Waals surface area contributed by atoms with Gasteiger partial charge in [-0.2, -0.15) is 18.2 Å². The summed E-state index contributed by atoms with van der Waals surface area (Å²) >= 11 is 1.23. The molecule has 13 heteroatoms. The van der Waals surface area contributed by atoms with Crippen molar-refractivity contribution in [2.75, 3.05) is 4.90 Å². The van der Waals surface area contributed by atoms with Gasteiger partial charge in [-0.15, -0.1) is 11.3 Å². The summed E-state index contributed by atoms with van der Waals surface area (Å²) in [6.45, 7) is 0.326. The summed E-state index contributed by atoms with van der Waals surface area (Å²) in [5.74, 6) is -0.409. The maximum absolute atomic E-state index is 12.8. The molecule has 9 nitrogen and oxygen atoms in total. The van der Waals surface area contributed by atoms with E-state index in [0.717, 1.165) is 4.88 Å². The van der Waals surface area contributed by atoms with E-state index in [-0.39, 0.29) is 5.82 Å². The van der Waals surface area contributed by atoms with Crippen molar-refractivity contribution in [1.29, 1.82) is 0 Å². The van der Waals surface area contributed by atoms with Crippen LogP contribution < -0.4 is 4.90 Å². The molecule has 0 unspecified atom stereocenters. The van der Waals surface area contributed by atoms with Crippen molar-refractivity contribution in [3.63, 3.8) is 0 Å². The highest BCUT2D eigenvalue weighted by Crippen LogP contribution is 2.33.